The highest BCUT2D eigenvalue weighted by Crippen LogP contribution is 2.21. The maximum absolute atomic E-state index is 13.5. The van der Waals surface area contributed by atoms with E-state index in [1.54, 1.807) is 12.1 Å². The third-order valence-corrected chi connectivity index (χ3v) is 4.40. The molecule has 0 N–H and O–H groups in total. The molecule has 0 radical (unpaired) electrons. The van der Waals surface area contributed by atoms with Gasteiger partial charge in [0.05, 0.1) is 18.4 Å². The summed E-state index contributed by atoms with van der Waals surface area (Å²) in [4.78, 5) is 0. The van der Waals surface area contributed by atoms with E-state index in [4.69, 9.17) is 4.74 Å². The largest absolute Gasteiger partial charge is 0.497 e. The summed E-state index contributed by atoms with van der Waals surface area (Å²) in [5, 5.41) is 0.512. The molecule has 0 spiro atoms. The van der Waals surface area contributed by atoms with Crippen LogP contribution < -0.4 is 4.74 Å². The Hall–Kier alpha value is -2.35. The van der Waals surface area contributed by atoms with E-state index in [0.717, 1.165) is 0 Å². The molecule has 0 amide bonds. The molecule has 128 valence electrons. The van der Waals surface area contributed by atoms with Crippen molar-refractivity contribution in [3.8, 4) is 5.75 Å². The molecule has 0 bridgehead atoms. The molecule has 0 aromatic heterocycles. The van der Waals surface area contributed by atoms with Crippen molar-refractivity contribution >= 4 is 15.9 Å². The number of methoxy groups -OCH3 is 1. The third-order valence-electron chi connectivity index (χ3n) is 3.11. The van der Waals surface area contributed by atoms with E-state index in [0.29, 0.717) is 22.8 Å². The molecule has 0 heterocycles. The van der Waals surface area contributed by atoms with Crippen molar-refractivity contribution in [3.63, 3.8) is 0 Å². The number of rotatable bonds is 5. The van der Waals surface area contributed by atoms with E-state index >= 15 is 0 Å². The highest BCUT2D eigenvalue weighted by molar-refractivity contribution is 7.93. The Morgan fingerprint density at radius 3 is 2.04 bits per heavy atom. The molecule has 0 fully saturated rings. The molecule has 2 rings (SSSR count). The lowest BCUT2D eigenvalue weighted by atomic mass is 10.2. The van der Waals surface area contributed by atoms with Crippen LogP contribution in [-0.4, -0.2) is 15.5 Å². The summed E-state index contributed by atoms with van der Waals surface area (Å²) < 4.78 is 82.0. The van der Waals surface area contributed by atoms with Crippen molar-refractivity contribution in [1.29, 1.82) is 0 Å². The molecule has 0 unspecified atom stereocenters. The third kappa shape index (κ3) is 4.14. The smallest absolute Gasteiger partial charge is 0.175 e. The first-order chi connectivity index (χ1) is 11.2. The molecule has 0 atom stereocenters. The van der Waals surface area contributed by atoms with Crippen molar-refractivity contribution in [1.82, 2.24) is 0 Å². The van der Waals surface area contributed by atoms with Gasteiger partial charge < -0.3 is 4.74 Å². The first-order valence-corrected chi connectivity index (χ1v) is 8.32. The Morgan fingerprint density at radius 2 is 1.54 bits per heavy atom. The average molecular weight is 360 g/mol. The molecule has 8 heteroatoms. The van der Waals surface area contributed by atoms with Crippen molar-refractivity contribution in [2.24, 2.45) is 0 Å². The molecule has 0 aliphatic carbocycles. The molecule has 0 aliphatic heterocycles. The summed E-state index contributed by atoms with van der Waals surface area (Å²) in [5.41, 5.74) is -0.683. The second-order valence-electron chi connectivity index (χ2n) is 4.84. The quantitative estimate of drug-likeness (QED) is 0.601. The van der Waals surface area contributed by atoms with Crippen molar-refractivity contribution < 1.29 is 30.7 Å². The topological polar surface area (TPSA) is 43.4 Å². The molecule has 2 aromatic rings. The van der Waals surface area contributed by atoms with Gasteiger partial charge in [-0.3, -0.25) is 0 Å². The number of benzene rings is 2. The van der Waals surface area contributed by atoms with Crippen molar-refractivity contribution in [3.05, 3.63) is 70.1 Å². The fourth-order valence-electron chi connectivity index (χ4n) is 1.91. The maximum Gasteiger partial charge on any atom is 0.175 e. The van der Waals surface area contributed by atoms with Gasteiger partial charge in [0.25, 0.3) is 0 Å². The van der Waals surface area contributed by atoms with Gasteiger partial charge in [-0.15, -0.1) is 0 Å². The van der Waals surface area contributed by atoms with Crippen LogP contribution in [0.15, 0.2) is 35.7 Å². The lowest BCUT2D eigenvalue weighted by Gasteiger charge is -2.04. The zero-order chi connectivity index (χ0) is 17.9. The van der Waals surface area contributed by atoms with Crippen LogP contribution in [0.3, 0.4) is 0 Å². The Morgan fingerprint density at radius 1 is 1.00 bits per heavy atom. The summed E-state index contributed by atoms with van der Waals surface area (Å²) in [6, 6.07) is 6.17. The Kier molecular flexibility index (Phi) is 5.28. The van der Waals surface area contributed by atoms with Crippen LogP contribution in [0.4, 0.5) is 17.6 Å². The van der Waals surface area contributed by atoms with Gasteiger partial charge in [0.15, 0.2) is 33.1 Å². The zero-order valence-corrected chi connectivity index (χ0v) is 13.2. The van der Waals surface area contributed by atoms with E-state index in [1.807, 2.05) is 0 Å². The van der Waals surface area contributed by atoms with Crippen molar-refractivity contribution in [2.45, 2.75) is 5.75 Å². The second kappa shape index (κ2) is 7.04. The maximum atomic E-state index is 13.5. The van der Waals surface area contributed by atoms with Crippen LogP contribution in [0.25, 0.3) is 6.08 Å². The predicted octanol–water partition coefficient (Wildman–Crippen LogP) is 3.84. The van der Waals surface area contributed by atoms with Crippen LogP contribution >= 0.6 is 0 Å². The SMILES string of the molecule is COc1ccc(CS(=O)(=O)/C=C/c2c(F)c(F)cc(F)c2F)cc1. The number of hydrogen-bond donors (Lipinski definition) is 0. The summed E-state index contributed by atoms with van der Waals surface area (Å²) in [6.45, 7) is 0. The highest BCUT2D eigenvalue weighted by atomic mass is 32.2. The molecular formula is C16H12F4O3S. The minimum atomic E-state index is -3.91. The van der Waals surface area contributed by atoms with Crippen molar-refractivity contribution in [2.75, 3.05) is 7.11 Å². The number of hydrogen-bond acceptors (Lipinski definition) is 3. The van der Waals surface area contributed by atoms with Crippen LogP contribution in [0.2, 0.25) is 0 Å². The van der Waals surface area contributed by atoms with E-state index in [1.165, 1.54) is 19.2 Å². The molecule has 0 saturated carbocycles. The Bertz CT molecular complexity index is 849. The first-order valence-electron chi connectivity index (χ1n) is 6.60. The molecule has 24 heavy (non-hydrogen) atoms. The molecule has 0 saturated heterocycles. The lowest BCUT2D eigenvalue weighted by molar-refractivity contribution is 0.414. The summed E-state index contributed by atoms with van der Waals surface area (Å²) in [6.07, 6.45) is 0.496. The monoisotopic (exact) mass is 360 g/mol. The number of halogens is 4. The molecule has 2 aromatic carbocycles. The lowest BCUT2D eigenvalue weighted by Crippen LogP contribution is -2.02. The van der Waals surface area contributed by atoms with Crippen LogP contribution in [0.1, 0.15) is 11.1 Å². The summed E-state index contributed by atoms with van der Waals surface area (Å²) in [5.74, 6) is -6.46. The summed E-state index contributed by atoms with van der Waals surface area (Å²) >= 11 is 0. The molecule has 3 nitrogen and oxygen atoms in total. The van der Waals surface area contributed by atoms with Crippen LogP contribution in [0.5, 0.6) is 5.75 Å². The van der Waals surface area contributed by atoms with Gasteiger partial charge in [-0.25, -0.2) is 26.0 Å². The van der Waals surface area contributed by atoms with Gasteiger partial charge in [0.2, 0.25) is 0 Å². The highest BCUT2D eigenvalue weighted by Gasteiger charge is 2.18. The standard InChI is InChI=1S/C16H12F4O3S/c1-23-11-4-2-10(3-5-11)9-24(21,22)7-6-12-15(19)13(17)8-14(18)16(12)20/h2-8H,9H2,1H3/b7-6+. The van der Waals surface area contributed by atoms with E-state index < -0.39 is 44.4 Å². The minimum Gasteiger partial charge on any atom is -0.497 e. The molecule has 0 aliphatic rings. The molecular weight excluding hydrogens is 348 g/mol. The van der Waals surface area contributed by atoms with Gasteiger partial charge >= 0.3 is 0 Å². The Labute approximate surface area is 136 Å². The normalized spacial score (nSPS) is 11.9. The van der Waals surface area contributed by atoms with E-state index in [9.17, 15) is 26.0 Å². The summed E-state index contributed by atoms with van der Waals surface area (Å²) in [7, 11) is -2.46. The van der Waals surface area contributed by atoms with E-state index in [2.05, 4.69) is 0 Å². The first kappa shape index (κ1) is 18.0. The Balaban J connectivity index is 2.27. The van der Waals surface area contributed by atoms with Gasteiger partial charge in [-0.2, -0.15) is 0 Å². The number of sulfone groups is 1. The average Bonchev–Trinajstić information content (AvgIpc) is 2.53. The fourth-order valence-corrected chi connectivity index (χ4v) is 3.01. The van der Waals surface area contributed by atoms with Gasteiger partial charge in [0.1, 0.15) is 5.75 Å². The minimum absolute atomic E-state index is 0.0495. The fraction of sp³-hybridized carbons (Fsp3) is 0.125. The zero-order valence-electron chi connectivity index (χ0n) is 12.4. The van der Waals surface area contributed by atoms with Crippen LogP contribution in [-0.2, 0) is 15.6 Å². The number of ether oxygens (including phenoxy) is 1. The van der Waals surface area contributed by atoms with Gasteiger partial charge in [-0.1, -0.05) is 12.1 Å². The second-order valence-corrected chi connectivity index (χ2v) is 6.73. The predicted molar refractivity (Wildman–Crippen MR) is 80.9 cm³/mol. The van der Waals surface area contributed by atoms with E-state index in [-0.39, 0.29) is 6.07 Å². The van der Waals surface area contributed by atoms with Crippen LogP contribution in [0, 0.1) is 23.3 Å². The van der Waals surface area contributed by atoms with Gasteiger partial charge in [-0.05, 0) is 23.8 Å². The van der Waals surface area contributed by atoms with Gasteiger partial charge in [0, 0.05) is 11.5 Å².